The molecule has 1 unspecified atom stereocenters. The maximum Gasteiger partial charge on any atom is 0.0761 e. The van der Waals surface area contributed by atoms with Crippen molar-refractivity contribution in [3.8, 4) is 0 Å². The van der Waals surface area contributed by atoms with E-state index in [0.29, 0.717) is 0 Å². The minimum Gasteiger partial charge on any atom is -0.357 e. The summed E-state index contributed by atoms with van der Waals surface area (Å²) in [6.45, 7) is 1.82. The summed E-state index contributed by atoms with van der Waals surface area (Å²) in [5, 5.41) is 9.29. The molecule has 2 aromatic heterocycles. The Morgan fingerprint density at radius 3 is 2.88 bits per heavy atom. The summed E-state index contributed by atoms with van der Waals surface area (Å²) < 4.78 is 0. The summed E-state index contributed by atoms with van der Waals surface area (Å²) in [7, 11) is 0. The highest BCUT2D eigenvalue weighted by Crippen LogP contribution is 2.39. The number of aromatic amines is 2. The first-order chi connectivity index (χ1) is 12.8. The lowest BCUT2D eigenvalue weighted by molar-refractivity contribution is 0.199. The first-order valence-corrected chi connectivity index (χ1v) is 9.24. The Labute approximate surface area is 156 Å². The number of para-hydroxylation sites is 1. The fraction of sp³-hybridized carbons (Fsp3) is 0.190. The molecule has 1 aliphatic rings. The van der Waals surface area contributed by atoms with Gasteiger partial charge in [-0.15, -0.1) is 0 Å². The van der Waals surface area contributed by atoms with Gasteiger partial charge in [0.1, 0.15) is 0 Å². The molecule has 0 fully saturated rings. The minimum absolute atomic E-state index is 0.146. The molecule has 5 rings (SSSR count). The maximum absolute atomic E-state index is 6.32. The Kier molecular flexibility index (Phi) is 3.80. The number of aromatic nitrogens is 3. The average Bonchev–Trinajstić information content (AvgIpc) is 3.28. The molecule has 2 aromatic carbocycles. The molecule has 0 aliphatic carbocycles. The van der Waals surface area contributed by atoms with Crippen molar-refractivity contribution in [2.24, 2.45) is 0 Å². The first kappa shape index (κ1) is 15.7. The van der Waals surface area contributed by atoms with Crippen molar-refractivity contribution >= 4 is 22.5 Å². The quantitative estimate of drug-likeness (QED) is 0.555. The lowest BCUT2D eigenvalue weighted by Crippen LogP contribution is -2.35. The van der Waals surface area contributed by atoms with Gasteiger partial charge in [-0.3, -0.25) is 10.00 Å². The third-order valence-electron chi connectivity index (χ3n) is 5.23. The standard InChI is InChI=1S/C21H19ClN4/c22-15-5-3-4-14(12-15)21-20-18(17-6-1-2-7-19(17)24-20)9-11-26(21)13-16-8-10-23-25-16/h1-8,10,12,21,24H,9,11,13H2,(H,23,25). The van der Waals surface area contributed by atoms with E-state index in [2.05, 4.69) is 56.5 Å². The Morgan fingerprint density at radius 2 is 2.04 bits per heavy atom. The van der Waals surface area contributed by atoms with Crippen molar-refractivity contribution in [1.29, 1.82) is 0 Å². The van der Waals surface area contributed by atoms with Crippen molar-refractivity contribution in [2.75, 3.05) is 6.54 Å². The molecule has 0 saturated heterocycles. The summed E-state index contributed by atoms with van der Waals surface area (Å²) in [4.78, 5) is 6.17. The van der Waals surface area contributed by atoms with Crippen molar-refractivity contribution < 1.29 is 0 Å². The normalized spacial score (nSPS) is 17.5. The van der Waals surface area contributed by atoms with E-state index in [1.807, 2.05) is 24.4 Å². The summed E-state index contributed by atoms with van der Waals surface area (Å²) in [5.41, 5.74) is 6.24. The molecule has 1 aliphatic heterocycles. The number of fused-ring (bicyclic) bond motifs is 3. The molecule has 4 nitrogen and oxygen atoms in total. The largest absolute Gasteiger partial charge is 0.357 e. The monoisotopic (exact) mass is 362 g/mol. The van der Waals surface area contributed by atoms with Gasteiger partial charge in [-0.2, -0.15) is 5.10 Å². The van der Waals surface area contributed by atoms with Gasteiger partial charge in [-0.25, -0.2) is 0 Å². The maximum atomic E-state index is 6.32. The molecule has 3 heterocycles. The number of hydrogen-bond acceptors (Lipinski definition) is 2. The second kappa shape index (κ2) is 6.31. The van der Waals surface area contributed by atoms with Crippen LogP contribution >= 0.6 is 11.6 Å². The molecule has 2 N–H and O–H groups in total. The van der Waals surface area contributed by atoms with Gasteiger partial charge in [0.15, 0.2) is 0 Å². The second-order valence-electron chi connectivity index (χ2n) is 6.82. The summed E-state index contributed by atoms with van der Waals surface area (Å²) in [5.74, 6) is 0. The highest BCUT2D eigenvalue weighted by atomic mass is 35.5. The summed E-state index contributed by atoms with van der Waals surface area (Å²) in [6.07, 6.45) is 2.84. The van der Waals surface area contributed by atoms with Crippen LogP contribution in [0, 0.1) is 0 Å². The Morgan fingerprint density at radius 1 is 1.12 bits per heavy atom. The molecular formula is C21H19ClN4. The van der Waals surface area contributed by atoms with E-state index in [1.54, 1.807) is 0 Å². The Balaban J connectivity index is 1.65. The van der Waals surface area contributed by atoms with Crippen molar-refractivity contribution in [3.63, 3.8) is 0 Å². The van der Waals surface area contributed by atoms with Crippen LogP contribution in [0.5, 0.6) is 0 Å². The number of H-pyrrole nitrogens is 2. The lowest BCUT2D eigenvalue weighted by atomic mass is 9.92. The van der Waals surface area contributed by atoms with E-state index >= 15 is 0 Å². The van der Waals surface area contributed by atoms with Crippen LogP contribution in [0.4, 0.5) is 0 Å². The number of hydrogen-bond donors (Lipinski definition) is 2. The van der Waals surface area contributed by atoms with E-state index in [4.69, 9.17) is 11.6 Å². The molecule has 0 saturated carbocycles. The summed E-state index contributed by atoms with van der Waals surface area (Å²) in [6, 6.07) is 18.9. The molecule has 1 atom stereocenters. The zero-order valence-electron chi connectivity index (χ0n) is 14.2. The number of benzene rings is 2. The zero-order chi connectivity index (χ0) is 17.5. The average molecular weight is 363 g/mol. The van der Waals surface area contributed by atoms with E-state index < -0.39 is 0 Å². The van der Waals surface area contributed by atoms with Crippen LogP contribution in [0.3, 0.4) is 0 Å². The molecule has 0 bridgehead atoms. The lowest BCUT2D eigenvalue weighted by Gasteiger charge is -2.36. The minimum atomic E-state index is 0.146. The predicted molar refractivity (Wildman–Crippen MR) is 104 cm³/mol. The topological polar surface area (TPSA) is 47.7 Å². The highest BCUT2D eigenvalue weighted by Gasteiger charge is 2.31. The first-order valence-electron chi connectivity index (χ1n) is 8.87. The Hall–Kier alpha value is -2.56. The molecule has 5 heteroatoms. The van der Waals surface area contributed by atoms with Crippen LogP contribution in [0.2, 0.25) is 5.02 Å². The van der Waals surface area contributed by atoms with Crippen LogP contribution in [0.1, 0.15) is 28.6 Å². The van der Waals surface area contributed by atoms with Crippen LogP contribution in [0.15, 0.2) is 60.8 Å². The molecular weight excluding hydrogens is 344 g/mol. The fourth-order valence-electron chi connectivity index (χ4n) is 4.11. The van der Waals surface area contributed by atoms with Gasteiger partial charge in [-0.1, -0.05) is 41.9 Å². The van der Waals surface area contributed by atoms with E-state index in [0.717, 1.165) is 30.2 Å². The number of rotatable bonds is 3. The Bertz CT molecular complexity index is 1050. The van der Waals surface area contributed by atoms with Crippen LogP contribution in [-0.4, -0.2) is 26.6 Å². The third kappa shape index (κ3) is 2.62. The van der Waals surface area contributed by atoms with E-state index in [-0.39, 0.29) is 6.04 Å². The van der Waals surface area contributed by atoms with Crippen molar-refractivity contribution in [2.45, 2.75) is 19.0 Å². The van der Waals surface area contributed by atoms with Crippen molar-refractivity contribution in [1.82, 2.24) is 20.1 Å². The van der Waals surface area contributed by atoms with Gasteiger partial charge < -0.3 is 4.98 Å². The van der Waals surface area contributed by atoms with Crippen LogP contribution in [0.25, 0.3) is 10.9 Å². The molecule has 130 valence electrons. The van der Waals surface area contributed by atoms with Gasteiger partial charge in [-0.05, 0) is 41.8 Å². The van der Waals surface area contributed by atoms with Gasteiger partial charge in [0.25, 0.3) is 0 Å². The zero-order valence-corrected chi connectivity index (χ0v) is 15.0. The molecule has 4 aromatic rings. The molecule has 0 amide bonds. The van der Waals surface area contributed by atoms with Crippen LogP contribution in [-0.2, 0) is 13.0 Å². The van der Waals surface area contributed by atoms with E-state index in [9.17, 15) is 0 Å². The van der Waals surface area contributed by atoms with Crippen LogP contribution < -0.4 is 0 Å². The molecule has 26 heavy (non-hydrogen) atoms. The predicted octanol–water partition coefficient (Wildman–Crippen LogP) is 4.69. The fourth-order valence-corrected chi connectivity index (χ4v) is 4.31. The van der Waals surface area contributed by atoms with E-state index in [1.165, 1.54) is 27.7 Å². The number of nitrogens with zero attached hydrogens (tertiary/aromatic N) is 2. The second-order valence-corrected chi connectivity index (χ2v) is 7.26. The van der Waals surface area contributed by atoms with Gasteiger partial charge in [0, 0.05) is 46.6 Å². The highest BCUT2D eigenvalue weighted by molar-refractivity contribution is 6.30. The van der Waals surface area contributed by atoms with Gasteiger partial charge in [0.05, 0.1) is 6.04 Å². The molecule has 0 radical (unpaired) electrons. The molecule has 0 spiro atoms. The smallest absolute Gasteiger partial charge is 0.0761 e. The SMILES string of the molecule is Clc1cccc(C2c3[nH]c4ccccc4c3CCN2Cc2ccn[nH]2)c1. The summed E-state index contributed by atoms with van der Waals surface area (Å²) >= 11 is 6.32. The number of halogens is 1. The van der Waals surface area contributed by atoms with Crippen molar-refractivity contribution in [3.05, 3.63) is 88.3 Å². The van der Waals surface area contributed by atoms with Gasteiger partial charge in [0.2, 0.25) is 0 Å². The van der Waals surface area contributed by atoms with Gasteiger partial charge >= 0.3 is 0 Å². The number of nitrogens with one attached hydrogen (secondary N) is 2. The third-order valence-corrected chi connectivity index (χ3v) is 5.47.